The maximum Gasteiger partial charge on any atom is 0.191 e. The Morgan fingerprint density at radius 1 is 1.30 bits per heavy atom. The lowest BCUT2D eigenvalue weighted by atomic mass is 10.2. The summed E-state index contributed by atoms with van der Waals surface area (Å²) in [5, 5.41) is 6.35. The van der Waals surface area contributed by atoms with Crippen molar-refractivity contribution in [2.75, 3.05) is 13.6 Å². The predicted octanol–water partition coefficient (Wildman–Crippen LogP) is 2.94. The molecule has 0 bridgehead atoms. The van der Waals surface area contributed by atoms with Gasteiger partial charge in [0.15, 0.2) is 5.96 Å². The molecule has 0 radical (unpaired) electrons. The molecule has 0 aliphatic carbocycles. The van der Waals surface area contributed by atoms with E-state index in [9.17, 15) is 0 Å². The second-order valence-corrected chi connectivity index (χ2v) is 4.41. The summed E-state index contributed by atoms with van der Waals surface area (Å²) in [5.41, 5.74) is 1.18. The zero-order chi connectivity index (χ0) is 14.1. The lowest BCUT2D eigenvalue weighted by Crippen LogP contribution is -2.36. The minimum absolute atomic E-state index is 0. The van der Waals surface area contributed by atoms with Crippen LogP contribution in [0.1, 0.15) is 19.4 Å². The summed E-state index contributed by atoms with van der Waals surface area (Å²) >= 11 is 0. The van der Waals surface area contributed by atoms with Crippen molar-refractivity contribution in [2.24, 2.45) is 4.99 Å². The van der Waals surface area contributed by atoms with E-state index in [-0.39, 0.29) is 30.1 Å². The average molecular weight is 389 g/mol. The van der Waals surface area contributed by atoms with Crippen molar-refractivity contribution in [3.8, 4) is 5.75 Å². The minimum Gasteiger partial charge on any atom is -0.491 e. The molecule has 5 heteroatoms. The van der Waals surface area contributed by atoms with Gasteiger partial charge in [0.1, 0.15) is 5.75 Å². The highest BCUT2D eigenvalue weighted by atomic mass is 127. The van der Waals surface area contributed by atoms with Crippen molar-refractivity contribution in [1.82, 2.24) is 10.6 Å². The SMILES string of the molecule is C=CCNC(=NC)NCc1ccc(OC(C)C)cc1.I. The van der Waals surface area contributed by atoms with E-state index in [2.05, 4.69) is 22.2 Å². The molecule has 1 aromatic rings. The number of benzene rings is 1. The molecule has 0 aliphatic rings. The fourth-order valence-corrected chi connectivity index (χ4v) is 1.53. The smallest absolute Gasteiger partial charge is 0.191 e. The minimum atomic E-state index is 0. The van der Waals surface area contributed by atoms with Gasteiger partial charge in [-0.15, -0.1) is 30.6 Å². The van der Waals surface area contributed by atoms with E-state index in [0.717, 1.165) is 18.3 Å². The highest BCUT2D eigenvalue weighted by Crippen LogP contribution is 2.13. The Morgan fingerprint density at radius 3 is 2.45 bits per heavy atom. The molecule has 0 aliphatic heterocycles. The molecule has 0 spiro atoms. The standard InChI is InChI=1S/C15H23N3O.HI/c1-5-10-17-15(16-4)18-11-13-6-8-14(9-7-13)19-12(2)3;/h5-9,12H,1,10-11H2,2-4H3,(H2,16,17,18);1H. The van der Waals surface area contributed by atoms with Gasteiger partial charge in [0.25, 0.3) is 0 Å². The first-order chi connectivity index (χ1) is 9.15. The Bertz CT molecular complexity index is 416. The molecule has 2 N–H and O–H groups in total. The molecule has 0 saturated carbocycles. The maximum atomic E-state index is 5.60. The van der Waals surface area contributed by atoms with Crippen LogP contribution in [0.15, 0.2) is 41.9 Å². The number of nitrogens with one attached hydrogen (secondary N) is 2. The summed E-state index contributed by atoms with van der Waals surface area (Å²) in [6.07, 6.45) is 2.00. The lowest BCUT2D eigenvalue weighted by molar-refractivity contribution is 0.242. The first-order valence-corrected chi connectivity index (χ1v) is 6.46. The van der Waals surface area contributed by atoms with Crippen molar-refractivity contribution in [3.63, 3.8) is 0 Å². The number of guanidine groups is 1. The van der Waals surface area contributed by atoms with Crippen LogP contribution in [0.25, 0.3) is 0 Å². The summed E-state index contributed by atoms with van der Waals surface area (Å²) in [5.74, 6) is 1.66. The number of hydrogen-bond acceptors (Lipinski definition) is 2. The van der Waals surface area contributed by atoms with E-state index in [1.54, 1.807) is 13.1 Å². The van der Waals surface area contributed by atoms with Crippen LogP contribution in [0.2, 0.25) is 0 Å². The number of hydrogen-bond donors (Lipinski definition) is 2. The van der Waals surface area contributed by atoms with E-state index in [4.69, 9.17) is 4.74 Å². The molecule has 112 valence electrons. The molecule has 1 aromatic carbocycles. The molecule has 0 atom stereocenters. The van der Waals surface area contributed by atoms with Crippen LogP contribution in [-0.2, 0) is 6.54 Å². The van der Waals surface area contributed by atoms with Gasteiger partial charge in [0.05, 0.1) is 6.10 Å². The fraction of sp³-hybridized carbons (Fsp3) is 0.400. The third kappa shape index (κ3) is 7.37. The molecule has 0 fully saturated rings. The van der Waals surface area contributed by atoms with Crippen molar-refractivity contribution in [1.29, 1.82) is 0 Å². The number of halogens is 1. The van der Waals surface area contributed by atoms with E-state index < -0.39 is 0 Å². The van der Waals surface area contributed by atoms with Crippen molar-refractivity contribution in [2.45, 2.75) is 26.5 Å². The van der Waals surface area contributed by atoms with Crippen LogP contribution >= 0.6 is 24.0 Å². The topological polar surface area (TPSA) is 45.7 Å². The first-order valence-electron chi connectivity index (χ1n) is 6.46. The molecule has 0 saturated heterocycles. The summed E-state index contributed by atoms with van der Waals surface area (Å²) in [6, 6.07) is 8.06. The molecule has 0 aromatic heterocycles. The van der Waals surface area contributed by atoms with Gasteiger partial charge in [-0.25, -0.2) is 0 Å². The van der Waals surface area contributed by atoms with E-state index in [1.807, 2.05) is 38.1 Å². The lowest BCUT2D eigenvalue weighted by Gasteiger charge is -2.12. The van der Waals surface area contributed by atoms with Gasteiger partial charge < -0.3 is 15.4 Å². The Balaban J connectivity index is 0.00000361. The second kappa shape index (κ2) is 10.5. The highest BCUT2D eigenvalue weighted by Gasteiger charge is 1.99. The molecule has 0 unspecified atom stereocenters. The zero-order valence-corrected chi connectivity index (χ0v) is 14.7. The highest BCUT2D eigenvalue weighted by molar-refractivity contribution is 14.0. The van der Waals surface area contributed by atoms with Crippen LogP contribution in [0.4, 0.5) is 0 Å². The summed E-state index contributed by atoms with van der Waals surface area (Å²) in [6.45, 7) is 9.11. The molecular formula is C15H24IN3O. The monoisotopic (exact) mass is 389 g/mol. The van der Waals surface area contributed by atoms with Gasteiger partial charge in [-0.2, -0.15) is 0 Å². The van der Waals surface area contributed by atoms with Gasteiger partial charge in [-0.1, -0.05) is 18.2 Å². The van der Waals surface area contributed by atoms with Gasteiger partial charge in [0.2, 0.25) is 0 Å². The molecular weight excluding hydrogens is 365 g/mol. The Kier molecular flexibility index (Phi) is 9.88. The zero-order valence-electron chi connectivity index (χ0n) is 12.3. The van der Waals surface area contributed by atoms with Crippen molar-refractivity contribution in [3.05, 3.63) is 42.5 Å². The number of nitrogens with zero attached hydrogens (tertiary/aromatic N) is 1. The second-order valence-electron chi connectivity index (χ2n) is 4.41. The van der Waals surface area contributed by atoms with E-state index in [0.29, 0.717) is 6.54 Å². The summed E-state index contributed by atoms with van der Waals surface area (Å²) in [7, 11) is 1.75. The average Bonchev–Trinajstić information content (AvgIpc) is 2.40. The van der Waals surface area contributed by atoms with Gasteiger partial charge in [0, 0.05) is 20.1 Å². The molecule has 4 nitrogen and oxygen atoms in total. The van der Waals surface area contributed by atoms with E-state index in [1.165, 1.54) is 5.56 Å². The van der Waals surface area contributed by atoms with Crippen LogP contribution in [0.3, 0.4) is 0 Å². The fourth-order valence-electron chi connectivity index (χ4n) is 1.53. The molecule has 1 rings (SSSR count). The van der Waals surface area contributed by atoms with Crippen LogP contribution in [0.5, 0.6) is 5.75 Å². The van der Waals surface area contributed by atoms with Gasteiger partial charge in [-0.05, 0) is 31.5 Å². The molecule has 0 heterocycles. The van der Waals surface area contributed by atoms with Crippen LogP contribution in [0, 0.1) is 0 Å². The first kappa shape index (κ1) is 18.8. The quantitative estimate of drug-likeness (QED) is 0.340. The van der Waals surface area contributed by atoms with Crippen molar-refractivity contribution < 1.29 is 4.74 Å². The summed E-state index contributed by atoms with van der Waals surface area (Å²) in [4.78, 5) is 4.12. The van der Waals surface area contributed by atoms with Crippen molar-refractivity contribution >= 4 is 29.9 Å². The summed E-state index contributed by atoms with van der Waals surface area (Å²) < 4.78 is 5.60. The third-order valence-electron chi connectivity index (χ3n) is 2.39. The predicted molar refractivity (Wildman–Crippen MR) is 96.0 cm³/mol. The van der Waals surface area contributed by atoms with E-state index >= 15 is 0 Å². The van der Waals surface area contributed by atoms with Crippen LogP contribution in [-0.4, -0.2) is 25.7 Å². The van der Waals surface area contributed by atoms with Crippen LogP contribution < -0.4 is 15.4 Å². The third-order valence-corrected chi connectivity index (χ3v) is 2.39. The number of aliphatic imine (C=N–C) groups is 1. The molecule has 20 heavy (non-hydrogen) atoms. The Morgan fingerprint density at radius 2 is 1.95 bits per heavy atom. The Labute approximate surface area is 138 Å². The Hall–Kier alpha value is -1.24. The molecule has 0 amide bonds. The normalized spacial score (nSPS) is 10.7. The number of rotatable bonds is 6. The largest absolute Gasteiger partial charge is 0.491 e. The van der Waals surface area contributed by atoms with Gasteiger partial charge >= 0.3 is 0 Å². The maximum absolute atomic E-state index is 5.60. The number of ether oxygens (including phenoxy) is 1. The van der Waals surface area contributed by atoms with Gasteiger partial charge in [-0.3, -0.25) is 4.99 Å².